The van der Waals surface area contributed by atoms with Crippen molar-refractivity contribution in [2.75, 3.05) is 19.5 Å². The molecule has 124 valence electrons. The third kappa shape index (κ3) is 5.87. The van der Waals surface area contributed by atoms with E-state index in [9.17, 15) is 4.79 Å². The van der Waals surface area contributed by atoms with Gasteiger partial charge in [-0.05, 0) is 61.4 Å². The average molecular weight is 354 g/mol. The number of halogens is 2. The molecule has 0 bridgehead atoms. The number of hydrogen-bond donors (Lipinski definition) is 1. The molecule has 0 unspecified atom stereocenters. The van der Waals surface area contributed by atoms with E-state index in [1.807, 2.05) is 32.0 Å². The van der Waals surface area contributed by atoms with E-state index in [1.165, 1.54) is 0 Å². The van der Waals surface area contributed by atoms with Crippen molar-refractivity contribution in [2.45, 2.75) is 19.9 Å². The van der Waals surface area contributed by atoms with Gasteiger partial charge in [-0.25, -0.2) is 0 Å². The first-order valence-electron chi connectivity index (χ1n) is 7.10. The summed E-state index contributed by atoms with van der Waals surface area (Å²) in [5.41, 5.74) is 3.60. The summed E-state index contributed by atoms with van der Waals surface area (Å²) in [6.45, 7) is 3.98. The van der Waals surface area contributed by atoms with Gasteiger partial charge in [-0.15, -0.1) is 0 Å². The molecule has 0 saturated carbocycles. The number of aldehydes is 1. The molecule has 0 amide bonds. The Hall–Kier alpha value is -1.55. The number of carbonyl (C=O) groups excluding carboxylic acids is 1. The van der Waals surface area contributed by atoms with Crippen LogP contribution in [0.3, 0.4) is 0 Å². The fourth-order valence-electron chi connectivity index (χ4n) is 2.08. The summed E-state index contributed by atoms with van der Waals surface area (Å²) in [5, 5.41) is 4.72. The minimum Gasteiger partial charge on any atom is -0.388 e. The van der Waals surface area contributed by atoms with Crippen LogP contribution in [0.5, 0.6) is 0 Å². The Balaban J connectivity index is 0.000000816. The smallest absolute Gasteiger partial charge is 0.150 e. The van der Waals surface area contributed by atoms with Gasteiger partial charge in [0.2, 0.25) is 0 Å². The Labute approximate surface area is 147 Å². The first-order valence-corrected chi connectivity index (χ1v) is 7.86. The monoisotopic (exact) mass is 353 g/mol. The predicted octanol–water partition coefficient (Wildman–Crippen LogP) is 5.55. The van der Waals surface area contributed by atoms with Crippen molar-refractivity contribution in [1.29, 1.82) is 0 Å². The topological polar surface area (TPSA) is 38.3 Å². The van der Waals surface area contributed by atoms with Gasteiger partial charge in [0.25, 0.3) is 0 Å². The molecule has 0 aliphatic heterocycles. The summed E-state index contributed by atoms with van der Waals surface area (Å²) in [4.78, 5) is 10.7. The molecule has 5 heteroatoms. The molecular weight excluding hydrogens is 333 g/mol. The Morgan fingerprint density at radius 3 is 2.35 bits per heavy atom. The second-order valence-corrected chi connectivity index (χ2v) is 5.98. The maximum Gasteiger partial charge on any atom is 0.150 e. The van der Waals surface area contributed by atoms with Gasteiger partial charge in [-0.1, -0.05) is 23.2 Å². The number of aryl methyl sites for hydroxylation is 1. The van der Waals surface area contributed by atoms with Crippen molar-refractivity contribution in [1.82, 2.24) is 0 Å². The van der Waals surface area contributed by atoms with Crippen molar-refractivity contribution >= 4 is 35.2 Å². The molecule has 0 fully saturated rings. The molecule has 1 atom stereocenters. The van der Waals surface area contributed by atoms with Crippen LogP contribution >= 0.6 is 23.2 Å². The molecule has 23 heavy (non-hydrogen) atoms. The highest BCUT2D eigenvalue weighted by molar-refractivity contribution is 6.33. The van der Waals surface area contributed by atoms with Crippen molar-refractivity contribution in [3.63, 3.8) is 0 Å². The summed E-state index contributed by atoms with van der Waals surface area (Å²) < 4.78 is 4.25. The molecule has 2 aromatic carbocycles. The quantitative estimate of drug-likeness (QED) is 0.732. The summed E-state index contributed by atoms with van der Waals surface area (Å²) >= 11 is 12.2. The molecule has 2 rings (SSSR count). The highest BCUT2D eigenvalue weighted by Crippen LogP contribution is 2.29. The summed E-state index contributed by atoms with van der Waals surface area (Å²) in [7, 11) is 3.25. The zero-order valence-corrected chi connectivity index (χ0v) is 15.2. The number of benzene rings is 2. The summed E-state index contributed by atoms with van der Waals surface area (Å²) in [5.74, 6) is 0. The van der Waals surface area contributed by atoms with Gasteiger partial charge in [-0.2, -0.15) is 0 Å². The van der Waals surface area contributed by atoms with Gasteiger partial charge in [0, 0.05) is 35.5 Å². The fraction of sp³-hybridized carbons (Fsp3) is 0.278. The third-order valence-electron chi connectivity index (χ3n) is 3.18. The molecule has 2 aromatic rings. The molecule has 0 aliphatic carbocycles. The van der Waals surface area contributed by atoms with Crippen molar-refractivity contribution in [3.05, 3.63) is 63.1 Å². The second-order valence-electron chi connectivity index (χ2n) is 5.13. The minimum atomic E-state index is 0.0157. The van der Waals surface area contributed by atoms with E-state index < -0.39 is 0 Å². The van der Waals surface area contributed by atoms with E-state index in [-0.39, 0.29) is 6.04 Å². The van der Waals surface area contributed by atoms with Crippen LogP contribution in [-0.2, 0) is 4.74 Å². The van der Waals surface area contributed by atoms with Gasteiger partial charge in [0.1, 0.15) is 6.29 Å². The third-order valence-corrected chi connectivity index (χ3v) is 3.76. The fourth-order valence-corrected chi connectivity index (χ4v) is 2.54. The van der Waals surface area contributed by atoms with E-state index in [2.05, 4.69) is 10.1 Å². The van der Waals surface area contributed by atoms with Crippen molar-refractivity contribution in [3.8, 4) is 0 Å². The van der Waals surface area contributed by atoms with E-state index >= 15 is 0 Å². The number of anilines is 1. The van der Waals surface area contributed by atoms with Gasteiger partial charge in [0.15, 0.2) is 0 Å². The Morgan fingerprint density at radius 1 is 1.13 bits per heavy atom. The lowest BCUT2D eigenvalue weighted by Gasteiger charge is -2.19. The molecule has 0 radical (unpaired) electrons. The van der Waals surface area contributed by atoms with Gasteiger partial charge < -0.3 is 10.1 Å². The average Bonchev–Trinajstić information content (AvgIpc) is 2.52. The zero-order valence-electron chi connectivity index (χ0n) is 13.7. The lowest BCUT2D eigenvalue weighted by molar-refractivity contribution is 0.112. The number of nitrogens with one attached hydrogen (secondary N) is 1. The number of methoxy groups -OCH3 is 1. The van der Waals surface area contributed by atoms with Crippen LogP contribution in [0.4, 0.5) is 5.69 Å². The maximum atomic E-state index is 10.7. The zero-order chi connectivity index (χ0) is 17.4. The SMILES string of the molecule is COC.Cc1cc(C=O)ccc1N[C@@H](C)c1cc(Cl)ccc1Cl. The van der Waals surface area contributed by atoms with Crippen LogP contribution in [0.25, 0.3) is 0 Å². The van der Waals surface area contributed by atoms with Crippen LogP contribution in [0.1, 0.15) is 34.5 Å². The normalized spacial score (nSPS) is 11.2. The van der Waals surface area contributed by atoms with E-state index in [1.54, 1.807) is 32.4 Å². The highest BCUT2D eigenvalue weighted by atomic mass is 35.5. The molecule has 0 spiro atoms. The second kappa shape index (κ2) is 9.56. The first kappa shape index (κ1) is 19.5. The molecule has 0 heterocycles. The lowest BCUT2D eigenvalue weighted by Crippen LogP contribution is -2.08. The van der Waals surface area contributed by atoms with Crippen LogP contribution in [0.15, 0.2) is 36.4 Å². The van der Waals surface area contributed by atoms with Crippen LogP contribution in [-0.4, -0.2) is 20.5 Å². The number of ether oxygens (including phenoxy) is 1. The number of hydrogen-bond acceptors (Lipinski definition) is 3. The molecular formula is C18H21Cl2NO2. The standard InChI is InChI=1S/C16H15Cl2NO.C2H6O/c1-10-7-12(9-20)3-6-16(10)19-11(2)14-8-13(17)4-5-15(14)18;1-3-2/h3-9,11,19H,1-2H3;1-2H3/t11-;/m0./s1. The molecule has 0 saturated heterocycles. The van der Waals surface area contributed by atoms with Crippen LogP contribution in [0, 0.1) is 6.92 Å². The summed E-state index contributed by atoms with van der Waals surface area (Å²) in [6, 6.07) is 11.0. The van der Waals surface area contributed by atoms with Gasteiger partial charge >= 0.3 is 0 Å². The van der Waals surface area contributed by atoms with E-state index in [4.69, 9.17) is 23.2 Å². The number of rotatable bonds is 4. The minimum absolute atomic E-state index is 0.0157. The molecule has 0 aromatic heterocycles. The molecule has 0 aliphatic rings. The Bertz CT molecular complexity index is 659. The maximum absolute atomic E-state index is 10.7. The van der Waals surface area contributed by atoms with Gasteiger partial charge in [0.05, 0.1) is 6.04 Å². The summed E-state index contributed by atoms with van der Waals surface area (Å²) in [6.07, 6.45) is 0.841. The van der Waals surface area contributed by atoms with Crippen molar-refractivity contribution in [2.24, 2.45) is 0 Å². The predicted molar refractivity (Wildman–Crippen MR) is 98.0 cm³/mol. The Morgan fingerprint density at radius 2 is 1.78 bits per heavy atom. The van der Waals surface area contributed by atoms with Crippen molar-refractivity contribution < 1.29 is 9.53 Å². The lowest BCUT2D eigenvalue weighted by atomic mass is 10.1. The molecule has 3 nitrogen and oxygen atoms in total. The van der Waals surface area contributed by atoms with E-state index in [0.717, 1.165) is 23.1 Å². The Kier molecular flexibility index (Phi) is 8.10. The highest BCUT2D eigenvalue weighted by Gasteiger charge is 2.11. The van der Waals surface area contributed by atoms with Crippen LogP contribution < -0.4 is 5.32 Å². The largest absolute Gasteiger partial charge is 0.388 e. The molecule has 1 N–H and O–H groups in total. The number of carbonyl (C=O) groups is 1. The van der Waals surface area contributed by atoms with E-state index in [0.29, 0.717) is 15.6 Å². The van der Waals surface area contributed by atoms with Crippen LogP contribution in [0.2, 0.25) is 10.0 Å². The first-order chi connectivity index (χ1) is 10.9. The van der Waals surface area contributed by atoms with Gasteiger partial charge in [-0.3, -0.25) is 4.79 Å².